The number of quaternary nitrogens is 2. The average Bonchev–Trinajstić information content (AvgIpc) is 3.21. The number of likely N-dealkylation sites (N-methyl/N-ethyl adjacent to an activating group) is 4. The van der Waals surface area contributed by atoms with Crippen LogP contribution in [0.3, 0.4) is 0 Å². The second-order valence-electron chi connectivity index (χ2n) is 7.08. The summed E-state index contributed by atoms with van der Waals surface area (Å²) in [6, 6.07) is 0. The molecule has 0 amide bonds. The Morgan fingerprint density at radius 2 is 1.00 bits per heavy atom. The molecule has 0 aromatic carbocycles. The van der Waals surface area contributed by atoms with Gasteiger partial charge in [-0.15, -0.1) is 0 Å². The first kappa shape index (κ1) is 33.4. The number of hydrogen-bond donors (Lipinski definition) is 4. The number of alkyl halides is 6. The molecule has 0 spiro atoms. The van der Waals surface area contributed by atoms with Gasteiger partial charge in [-0.25, -0.2) is 0 Å². The first-order chi connectivity index (χ1) is 14.2. The molecular formula is C14H32F6N6O4S2. The van der Waals surface area contributed by atoms with Crippen molar-refractivity contribution in [2.75, 3.05) is 66.7 Å². The number of halogens is 6. The van der Waals surface area contributed by atoms with Gasteiger partial charge < -0.3 is 18.9 Å². The number of rotatable bonds is 2. The molecule has 196 valence electrons. The molecule has 4 unspecified atom stereocenters. The first-order valence-corrected chi connectivity index (χ1v) is 12.3. The van der Waals surface area contributed by atoms with Crippen LogP contribution in [0.4, 0.5) is 26.3 Å². The molecule has 0 aromatic rings. The van der Waals surface area contributed by atoms with Crippen molar-refractivity contribution in [3.05, 3.63) is 0 Å². The summed E-state index contributed by atoms with van der Waals surface area (Å²) in [5, 5.41) is 0. The molecular weight excluding hydrogens is 494 g/mol. The van der Waals surface area contributed by atoms with Crippen molar-refractivity contribution < 1.29 is 53.7 Å². The summed E-state index contributed by atoms with van der Waals surface area (Å²) in [7, 11) is -6.81. The smallest absolute Gasteiger partial charge is 0.466 e. The second-order valence-corrected chi connectivity index (χ2v) is 10.0. The highest BCUT2D eigenvalue weighted by molar-refractivity contribution is 7.87. The van der Waals surface area contributed by atoms with Gasteiger partial charge in [0, 0.05) is 0 Å². The fourth-order valence-electron chi connectivity index (χ4n) is 2.35. The molecule has 2 aliphatic rings. The lowest BCUT2D eigenvalue weighted by Crippen LogP contribution is -3.10. The van der Waals surface area contributed by atoms with Gasteiger partial charge >= 0.3 is 11.0 Å². The highest BCUT2D eigenvalue weighted by atomic mass is 32.2. The van der Waals surface area contributed by atoms with Gasteiger partial charge in [0.25, 0.3) is 0 Å². The monoisotopic (exact) mass is 526 g/mol. The van der Waals surface area contributed by atoms with Crippen LogP contribution in [0, 0.1) is 9.56 Å². The van der Waals surface area contributed by atoms with E-state index in [-0.39, 0.29) is 0 Å². The van der Waals surface area contributed by atoms with Gasteiger partial charge in [0.1, 0.15) is 13.3 Å². The topological polar surface area (TPSA) is 143 Å². The van der Waals surface area contributed by atoms with Crippen molar-refractivity contribution in [1.29, 1.82) is 9.56 Å². The van der Waals surface area contributed by atoms with Crippen LogP contribution in [0.25, 0.3) is 0 Å². The fraction of sp³-hybridized carbons (Fsp3) is 1.00. The van der Waals surface area contributed by atoms with Crippen LogP contribution in [0.2, 0.25) is 0 Å². The fourth-order valence-corrected chi connectivity index (χ4v) is 2.35. The highest BCUT2D eigenvalue weighted by Crippen LogP contribution is 2.21. The van der Waals surface area contributed by atoms with Crippen molar-refractivity contribution in [3.63, 3.8) is 0 Å². The van der Waals surface area contributed by atoms with Gasteiger partial charge in [-0.3, -0.25) is 27.8 Å². The Balaban J connectivity index is 0. The van der Waals surface area contributed by atoms with Crippen molar-refractivity contribution in [2.45, 2.75) is 24.9 Å². The minimum Gasteiger partial charge on any atom is -0.758 e. The largest absolute Gasteiger partial charge is 0.758 e. The second kappa shape index (κ2) is 13.8. The third-order valence-electron chi connectivity index (χ3n) is 4.29. The van der Waals surface area contributed by atoms with Crippen LogP contribution in [-0.4, -0.2) is 105 Å². The third kappa shape index (κ3) is 15.1. The lowest BCUT2D eigenvalue weighted by molar-refractivity contribution is -0.889. The standard InChI is InChI=1S/2C6H14N2.2CH2F3NO2S/c2*1-3-8-5-4-7(2)6-8;2*2-1(3,4)8(5,6)7/h2*3-6H2,1-2H3;2*(H2,5,6,7). The van der Waals surface area contributed by atoms with Crippen LogP contribution in [-0.2, 0) is 20.0 Å². The molecule has 2 aliphatic heterocycles. The Bertz CT molecular complexity index is 671. The molecule has 2 heterocycles. The van der Waals surface area contributed by atoms with E-state index in [2.05, 4.69) is 37.7 Å². The normalized spacial score (nSPS) is 25.8. The van der Waals surface area contributed by atoms with Crippen LogP contribution < -0.4 is 9.80 Å². The number of nitrogens with one attached hydrogen (secondary N) is 4. The van der Waals surface area contributed by atoms with Crippen molar-refractivity contribution in [3.8, 4) is 0 Å². The molecule has 10 nitrogen and oxygen atoms in total. The third-order valence-corrected chi connectivity index (χ3v) is 5.51. The van der Waals surface area contributed by atoms with E-state index in [0.717, 1.165) is 0 Å². The highest BCUT2D eigenvalue weighted by Gasteiger charge is 2.34. The maximum atomic E-state index is 10.8. The van der Waals surface area contributed by atoms with Crippen molar-refractivity contribution >= 4 is 20.0 Å². The van der Waals surface area contributed by atoms with E-state index in [4.69, 9.17) is 9.56 Å². The molecule has 2 rings (SSSR count). The molecule has 0 saturated carbocycles. The van der Waals surface area contributed by atoms with Gasteiger partial charge in [0.05, 0.1) is 59.3 Å². The average molecular weight is 527 g/mol. The van der Waals surface area contributed by atoms with Crippen molar-refractivity contribution in [2.24, 2.45) is 0 Å². The molecule has 0 aliphatic carbocycles. The Kier molecular flexibility index (Phi) is 14.4. The quantitative estimate of drug-likeness (QED) is 0.339. The van der Waals surface area contributed by atoms with Gasteiger partial charge in [-0.2, -0.15) is 26.3 Å². The molecule has 4 atom stereocenters. The predicted octanol–water partition coefficient (Wildman–Crippen LogP) is -1.05. The molecule has 0 radical (unpaired) electrons. The molecule has 4 N–H and O–H groups in total. The van der Waals surface area contributed by atoms with Crippen LogP contribution in [0.15, 0.2) is 0 Å². The maximum Gasteiger partial charge on any atom is 0.466 e. The number of hydrogen-bond acceptors (Lipinski definition) is 8. The van der Waals surface area contributed by atoms with Gasteiger partial charge in [-0.05, 0) is 27.9 Å². The number of nitrogens with zero attached hydrogens (tertiary/aromatic N) is 2. The minimum absolute atomic E-state index is 1.25. The Hall–Kier alpha value is -0.760. The summed E-state index contributed by atoms with van der Waals surface area (Å²) in [6.07, 6.45) is 0. The lowest BCUT2D eigenvalue weighted by atomic mass is 10.6. The van der Waals surface area contributed by atoms with Crippen molar-refractivity contribution in [1.82, 2.24) is 9.80 Å². The van der Waals surface area contributed by atoms with Crippen LogP contribution in [0.1, 0.15) is 13.8 Å². The molecule has 32 heavy (non-hydrogen) atoms. The molecule has 2 saturated heterocycles. The van der Waals surface area contributed by atoms with E-state index < -0.39 is 31.0 Å². The molecule has 0 aromatic heterocycles. The summed E-state index contributed by atoms with van der Waals surface area (Å²) in [4.78, 5) is 8.18. The van der Waals surface area contributed by atoms with E-state index >= 15 is 0 Å². The van der Waals surface area contributed by atoms with E-state index in [0.29, 0.717) is 0 Å². The zero-order chi connectivity index (χ0) is 26.0. The predicted molar refractivity (Wildman–Crippen MR) is 103 cm³/mol. The summed E-state index contributed by atoms with van der Waals surface area (Å²) in [5.41, 5.74) is -10.8. The Morgan fingerprint density at radius 3 is 1.06 bits per heavy atom. The van der Waals surface area contributed by atoms with E-state index in [1.54, 1.807) is 9.80 Å². The van der Waals surface area contributed by atoms with E-state index in [1.807, 2.05) is 0 Å². The first-order valence-electron chi connectivity index (χ1n) is 9.31. The summed E-state index contributed by atoms with van der Waals surface area (Å²) >= 11 is 0. The van der Waals surface area contributed by atoms with Crippen LogP contribution >= 0.6 is 0 Å². The summed E-state index contributed by atoms with van der Waals surface area (Å²) in [5.74, 6) is 0. The zero-order valence-corrected chi connectivity index (χ0v) is 19.9. The molecule has 0 bridgehead atoms. The summed E-state index contributed by atoms with van der Waals surface area (Å²) in [6.45, 7) is 14.8. The molecule has 2 fully saturated rings. The van der Waals surface area contributed by atoms with E-state index in [1.165, 1.54) is 52.6 Å². The van der Waals surface area contributed by atoms with Gasteiger partial charge in [0.2, 0.25) is 0 Å². The minimum atomic E-state index is -5.59. The summed E-state index contributed by atoms with van der Waals surface area (Å²) < 4.78 is 112. The van der Waals surface area contributed by atoms with Gasteiger partial charge in [0.15, 0.2) is 0 Å². The maximum absolute atomic E-state index is 10.8. The molecule has 18 heteroatoms. The Morgan fingerprint density at radius 1 is 0.781 bits per heavy atom. The van der Waals surface area contributed by atoms with E-state index in [9.17, 15) is 43.9 Å². The zero-order valence-electron chi connectivity index (χ0n) is 18.3. The van der Waals surface area contributed by atoms with Gasteiger partial charge in [-0.1, -0.05) is 0 Å². The Labute approximate surface area is 185 Å². The lowest BCUT2D eigenvalue weighted by Gasteiger charge is -2.12. The SMILES string of the molecule is CC[NH+]1CCN(C)C1.CC[NH+]1CCN(C)C1.N=S(=O)([O-])C(F)(F)F.N=S(=O)([O-])C(F)(F)F. The van der Waals surface area contributed by atoms with Crippen LogP contribution in [0.5, 0.6) is 0 Å².